The van der Waals surface area contributed by atoms with Gasteiger partial charge in [-0.3, -0.25) is 10.1 Å². The molecule has 0 heterocycles. The predicted molar refractivity (Wildman–Crippen MR) is 63.3 cm³/mol. The van der Waals surface area contributed by atoms with Gasteiger partial charge in [-0.05, 0) is 22.6 Å². The van der Waals surface area contributed by atoms with E-state index < -0.39 is 10.7 Å². The number of nitrogens with one attached hydrogen (secondary N) is 1. The first-order valence-electron chi connectivity index (χ1n) is 4.13. The van der Waals surface area contributed by atoms with Gasteiger partial charge in [-0.25, -0.2) is 4.39 Å². The van der Waals surface area contributed by atoms with Crippen LogP contribution >= 0.6 is 22.6 Å². The van der Waals surface area contributed by atoms with E-state index in [1.54, 1.807) is 22.6 Å². The van der Waals surface area contributed by atoms with E-state index in [1.807, 2.05) is 0 Å². The Hall–Kier alpha value is -0.960. The first-order chi connectivity index (χ1) is 7.06. The van der Waals surface area contributed by atoms with Crippen LogP contribution in [0, 0.1) is 19.5 Å². The molecule has 1 rings (SSSR count). The summed E-state index contributed by atoms with van der Waals surface area (Å²) in [6.45, 7) is 0.686. The van der Waals surface area contributed by atoms with E-state index in [0.717, 1.165) is 6.07 Å². The zero-order valence-electron chi connectivity index (χ0n) is 7.67. The summed E-state index contributed by atoms with van der Waals surface area (Å²) in [5.74, 6) is -0.485. The number of nitro groups is 1. The van der Waals surface area contributed by atoms with Crippen molar-refractivity contribution >= 4 is 34.0 Å². The first kappa shape index (κ1) is 12.1. The third-order valence-corrected chi connectivity index (χ3v) is 2.52. The summed E-state index contributed by atoms with van der Waals surface area (Å²) in [5, 5.41) is 13.4. The quantitative estimate of drug-likeness (QED) is 0.502. The SMILES string of the molecule is NCCNc1cc(F)c(I)cc1[N+](=O)[O-]. The summed E-state index contributed by atoms with van der Waals surface area (Å²) < 4.78 is 13.4. The molecular weight excluding hydrogens is 316 g/mol. The van der Waals surface area contributed by atoms with Crippen LogP contribution in [0.15, 0.2) is 12.1 Å². The highest BCUT2D eigenvalue weighted by Gasteiger charge is 2.16. The third kappa shape index (κ3) is 2.99. The Labute approximate surface area is 99.1 Å². The Balaban J connectivity index is 3.10. The minimum absolute atomic E-state index is 0.144. The number of hydrogen-bond donors (Lipinski definition) is 2. The van der Waals surface area contributed by atoms with Gasteiger partial charge in [0, 0.05) is 25.2 Å². The molecule has 0 radical (unpaired) electrons. The minimum atomic E-state index is -0.555. The van der Waals surface area contributed by atoms with E-state index in [0.29, 0.717) is 13.1 Å². The molecule has 15 heavy (non-hydrogen) atoms. The average molecular weight is 325 g/mol. The van der Waals surface area contributed by atoms with Crippen molar-refractivity contribution in [3.05, 3.63) is 31.6 Å². The summed E-state index contributed by atoms with van der Waals surface area (Å²) in [6.07, 6.45) is 0. The Morgan fingerprint density at radius 2 is 2.27 bits per heavy atom. The number of hydrogen-bond acceptors (Lipinski definition) is 4. The van der Waals surface area contributed by atoms with Gasteiger partial charge in [-0.1, -0.05) is 0 Å². The van der Waals surface area contributed by atoms with E-state index >= 15 is 0 Å². The van der Waals surface area contributed by atoms with Gasteiger partial charge >= 0.3 is 0 Å². The summed E-state index contributed by atoms with van der Waals surface area (Å²) in [6, 6.07) is 2.30. The maximum absolute atomic E-state index is 13.1. The Kier molecular flexibility index (Phi) is 4.21. The third-order valence-electron chi connectivity index (χ3n) is 1.70. The lowest BCUT2D eigenvalue weighted by Crippen LogP contribution is -2.14. The fourth-order valence-electron chi connectivity index (χ4n) is 1.04. The fourth-order valence-corrected chi connectivity index (χ4v) is 1.49. The van der Waals surface area contributed by atoms with Crippen molar-refractivity contribution in [1.29, 1.82) is 0 Å². The fraction of sp³-hybridized carbons (Fsp3) is 0.250. The standard InChI is InChI=1S/C8H9FIN3O2/c9-5-3-7(12-2-1-11)8(13(14)15)4-6(5)10/h3-4,12H,1-2,11H2. The maximum atomic E-state index is 13.1. The van der Waals surface area contributed by atoms with Crippen LogP contribution in [0.1, 0.15) is 0 Å². The van der Waals surface area contributed by atoms with E-state index in [4.69, 9.17) is 5.73 Å². The van der Waals surface area contributed by atoms with Crippen molar-refractivity contribution in [3.63, 3.8) is 0 Å². The molecule has 1 aromatic rings. The first-order valence-corrected chi connectivity index (χ1v) is 5.21. The van der Waals surface area contributed by atoms with Crippen molar-refractivity contribution in [1.82, 2.24) is 0 Å². The van der Waals surface area contributed by atoms with Gasteiger partial charge in [0.1, 0.15) is 11.5 Å². The lowest BCUT2D eigenvalue weighted by atomic mass is 10.2. The molecule has 0 saturated carbocycles. The van der Waals surface area contributed by atoms with Crippen LogP contribution in [0.25, 0.3) is 0 Å². The van der Waals surface area contributed by atoms with Gasteiger partial charge in [-0.2, -0.15) is 0 Å². The van der Waals surface area contributed by atoms with E-state index in [2.05, 4.69) is 5.32 Å². The predicted octanol–water partition coefficient (Wildman–Crippen LogP) is 1.71. The monoisotopic (exact) mass is 325 g/mol. The lowest BCUT2D eigenvalue weighted by Gasteiger charge is -2.06. The van der Waals surface area contributed by atoms with Crippen LogP contribution < -0.4 is 11.1 Å². The maximum Gasteiger partial charge on any atom is 0.293 e. The summed E-state index contributed by atoms with van der Waals surface area (Å²) in [4.78, 5) is 10.1. The van der Waals surface area contributed by atoms with Gasteiger partial charge in [0.2, 0.25) is 0 Å². The Morgan fingerprint density at radius 1 is 1.60 bits per heavy atom. The summed E-state index contributed by atoms with van der Waals surface area (Å²) >= 11 is 1.71. The number of benzene rings is 1. The second-order valence-corrected chi connectivity index (χ2v) is 3.92. The normalized spacial score (nSPS) is 10.1. The lowest BCUT2D eigenvalue weighted by molar-refractivity contribution is -0.384. The molecule has 0 unspecified atom stereocenters. The van der Waals surface area contributed by atoms with Gasteiger partial charge in [0.05, 0.1) is 8.49 Å². The van der Waals surface area contributed by atoms with Crippen LogP contribution in [-0.2, 0) is 0 Å². The van der Waals surface area contributed by atoms with Gasteiger partial charge in [0.15, 0.2) is 0 Å². The Morgan fingerprint density at radius 3 is 2.80 bits per heavy atom. The number of nitrogens with zero attached hydrogens (tertiary/aromatic N) is 1. The molecule has 1 aromatic carbocycles. The number of nitrogens with two attached hydrogens (primary N) is 1. The van der Waals surface area contributed by atoms with Crippen molar-refractivity contribution in [2.45, 2.75) is 0 Å². The molecule has 0 fully saturated rings. The van der Waals surface area contributed by atoms with Gasteiger partial charge in [-0.15, -0.1) is 0 Å². The number of nitro benzene ring substituents is 1. The molecule has 3 N–H and O–H groups in total. The number of anilines is 1. The molecule has 0 aromatic heterocycles. The second kappa shape index (κ2) is 5.21. The van der Waals surface area contributed by atoms with Crippen molar-refractivity contribution < 1.29 is 9.31 Å². The molecule has 0 saturated heterocycles. The molecule has 7 heteroatoms. The highest BCUT2D eigenvalue weighted by atomic mass is 127. The molecule has 0 amide bonds. The largest absolute Gasteiger partial charge is 0.378 e. The number of rotatable bonds is 4. The summed E-state index contributed by atoms with van der Waals surface area (Å²) in [5.41, 5.74) is 5.25. The Bertz CT molecular complexity index is 386. The van der Waals surface area contributed by atoms with Crippen LogP contribution in [0.2, 0.25) is 0 Å². The van der Waals surface area contributed by atoms with Crippen LogP contribution in [0.3, 0.4) is 0 Å². The summed E-state index contributed by atoms with van der Waals surface area (Å²) in [7, 11) is 0. The molecule has 0 bridgehead atoms. The van der Waals surface area contributed by atoms with Crippen LogP contribution in [0.5, 0.6) is 0 Å². The number of halogens is 2. The molecule has 0 aliphatic heterocycles. The van der Waals surface area contributed by atoms with E-state index in [9.17, 15) is 14.5 Å². The molecule has 0 atom stereocenters. The van der Waals surface area contributed by atoms with Crippen molar-refractivity contribution in [2.75, 3.05) is 18.4 Å². The van der Waals surface area contributed by atoms with Crippen molar-refractivity contribution in [2.24, 2.45) is 5.73 Å². The molecule has 0 aliphatic carbocycles. The minimum Gasteiger partial charge on any atom is -0.378 e. The zero-order chi connectivity index (χ0) is 11.4. The van der Waals surface area contributed by atoms with Crippen molar-refractivity contribution in [3.8, 4) is 0 Å². The zero-order valence-corrected chi connectivity index (χ0v) is 9.82. The second-order valence-electron chi connectivity index (χ2n) is 2.76. The van der Waals surface area contributed by atoms with E-state index in [1.165, 1.54) is 6.07 Å². The van der Waals surface area contributed by atoms with E-state index in [-0.39, 0.29) is 14.9 Å². The molecule has 0 aliphatic rings. The average Bonchev–Trinajstić information content (AvgIpc) is 2.19. The molecule has 82 valence electrons. The topological polar surface area (TPSA) is 81.2 Å². The van der Waals surface area contributed by atoms with Crippen LogP contribution in [0.4, 0.5) is 15.8 Å². The van der Waals surface area contributed by atoms with Crippen LogP contribution in [-0.4, -0.2) is 18.0 Å². The molecule has 0 spiro atoms. The molecular formula is C8H9FIN3O2. The highest BCUT2D eigenvalue weighted by molar-refractivity contribution is 14.1. The van der Waals surface area contributed by atoms with Gasteiger partial charge < -0.3 is 11.1 Å². The highest BCUT2D eigenvalue weighted by Crippen LogP contribution is 2.28. The van der Waals surface area contributed by atoms with Gasteiger partial charge in [0.25, 0.3) is 5.69 Å². The smallest absolute Gasteiger partial charge is 0.293 e. The molecule has 5 nitrogen and oxygen atoms in total.